The van der Waals surface area contributed by atoms with Gasteiger partial charge in [0.2, 0.25) is 0 Å². The van der Waals surface area contributed by atoms with E-state index in [9.17, 15) is 4.79 Å². The van der Waals surface area contributed by atoms with Gasteiger partial charge in [0.25, 0.3) is 0 Å². The van der Waals surface area contributed by atoms with Crippen LogP contribution in [0.3, 0.4) is 0 Å². The number of hydrogen-bond acceptors (Lipinski definition) is 5. The van der Waals surface area contributed by atoms with E-state index in [1.807, 2.05) is 0 Å². The summed E-state index contributed by atoms with van der Waals surface area (Å²) in [6, 6.07) is 8.49. The van der Waals surface area contributed by atoms with Crippen LogP contribution in [-0.2, 0) is 11.2 Å². The quantitative estimate of drug-likeness (QED) is 0.871. The van der Waals surface area contributed by atoms with Crippen LogP contribution in [0.4, 0.5) is 5.13 Å². The molecule has 19 heavy (non-hydrogen) atoms. The molecule has 1 aromatic heterocycles. The first-order valence-corrected chi connectivity index (χ1v) is 7.01. The van der Waals surface area contributed by atoms with Crippen molar-refractivity contribution in [2.75, 3.05) is 19.0 Å². The topological polar surface area (TPSA) is 51.2 Å². The molecule has 5 heteroatoms. The number of ether oxygens (including phenoxy) is 1. The fourth-order valence-electron chi connectivity index (χ4n) is 2.31. The first kappa shape index (κ1) is 12.2. The molecule has 1 aromatic carbocycles. The van der Waals surface area contributed by atoms with Crippen LogP contribution in [-0.4, -0.2) is 24.6 Å². The van der Waals surface area contributed by atoms with Gasteiger partial charge in [0, 0.05) is 17.8 Å². The summed E-state index contributed by atoms with van der Waals surface area (Å²) in [4.78, 5) is 15.5. The minimum absolute atomic E-state index is 0.365. The number of thiazole rings is 1. The van der Waals surface area contributed by atoms with Crippen molar-refractivity contribution < 1.29 is 9.53 Å². The summed E-state index contributed by atoms with van der Waals surface area (Å²) >= 11 is 1.43. The van der Waals surface area contributed by atoms with Gasteiger partial charge < -0.3 is 10.1 Å². The highest BCUT2D eigenvalue weighted by Gasteiger charge is 2.25. The van der Waals surface area contributed by atoms with Crippen molar-refractivity contribution in [2.24, 2.45) is 0 Å². The lowest BCUT2D eigenvalue weighted by molar-refractivity contribution is 0.0595. The van der Waals surface area contributed by atoms with Crippen molar-refractivity contribution in [1.82, 2.24) is 4.98 Å². The van der Waals surface area contributed by atoms with Crippen molar-refractivity contribution in [2.45, 2.75) is 12.3 Å². The van der Waals surface area contributed by atoms with E-state index in [2.05, 4.69) is 39.3 Å². The molecule has 0 bridgehead atoms. The maximum Gasteiger partial charge on any atom is 0.357 e. The fraction of sp³-hybridized carbons (Fsp3) is 0.286. The van der Waals surface area contributed by atoms with Crippen LogP contribution >= 0.6 is 11.3 Å². The second-order valence-electron chi connectivity index (χ2n) is 4.51. The molecule has 0 amide bonds. The summed E-state index contributed by atoms with van der Waals surface area (Å²) in [6.07, 6.45) is 1.11. The van der Waals surface area contributed by atoms with Crippen LogP contribution in [0.25, 0.3) is 0 Å². The lowest BCUT2D eigenvalue weighted by Gasteiger charge is -2.30. The number of anilines is 1. The maximum absolute atomic E-state index is 11.3. The van der Waals surface area contributed by atoms with Crippen LogP contribution in [0.15, 0.2) is 29.6 Å². The average molecular weight is 274 g/mol. The monoisotopic (exact) mass is 274 g/mol. The molecule has 0 spiro atoms. The molecule has 1 aliphatic rings. The van der Waals surface area contributed by atoms with Crippen molar-refractivity contribution in [3.05, 3.63) is 46.5 Å². The molecular formula is C14H14N2O2S. The molecule has 3 rings (SSSR count). The van der Waals surface area contributed by atoms with Gasteiger partial charge in [-0.3, -0.25) is 0 Å². The summed E-state index contributed by atoms with van der Waals surface area (Å²) in [6.45, 7) is 0.852. The Morgan fingerprint density at radius 3 is 3.16 bits per heavy atom. The summed E-state index contributed by atoms with van der Waals surface area (Å²) in [5.74, 6) is 0.153. The molecule has 0 saturated carbocycles. The lowest BCUT2D eigenvalue weighted by atomic mass is 9.78. The molecule has 1 heterocycles. The number of carbonyl (C=O) groups excluding carboxylic acids is 1. The van der Waals surface area contributed by atoms with E-state index < -0.39 is 5.97 Å². The fourth-order valence-corrected chi connectivity index (χ4v) is 3.00. The van der Waals surface area contributed by atoms with Crippen LogP contribution < -0.4 is 5.32 Å². The molecule has 0 fully saturated rings. The number of methoxy groups -OCH3 is 1. The van der Waals surface area contributed by atoms with E-state index in [1.165, 1.54) is 29.6 Å². The van der Waals surface area contributed by atoms with Crippen LogP contribution in [0.2, 0.25) is 0 Å². The van der Waals surface area contributed by atoms with Gasteiger partial charge in [-0.1, -0.05) is 24.3 Å². The molecule has 1 aliphatic carbocycles. The van der Waals surface area contributed by atoms with Gasteiger partial charge in [-0.25, -0.2) is 9.78 Å². The number of fused-ring (bicyclic) bond motifs is 1. The van der Waals surface area contributed by atoms with Gasteiger partial charge >= 0.3 is 5.97 Å². The molecule has 4 nitrogen and oxygen atoms in total. The number of carbonyl (C=O) groups is 1. The molecule has 0 aliphatic heterocycles. The Kier molecular flexibility index (Phi) is 3.21. The van der Waals surface area contributed by atoms with Crippen LogP contribution in [0.1, 0.15) is 27.5 Å². The first-order valence-electron chi connectivity index (χ1n) is 6.13. The van der Waals surface area contributed by atoms with Gasteiger partial charge in [0.05, 0.1) is 7.11 Å². The van der Waals surface area contributed by atoms with Crippen molar-refractivity contribution in [1.29, 1.82) is 0 Å². The number of nitrogens with zero attached hydrogens (tertiary/aromatic N) is 1. The highest BCUT2D eigenvalue weighted by atomic mass is 32.1. The highest BCUT2D eigenvalue weighted by Crippen LogP contribution is 2.34. The lowest BCUT2D eigenvalue weighted by Crippen LogP contribution is -2.24. The number of hydrogen-bond donors (Lipinski definition) is 1. The van der Waals surface area contributed by atoms with Gasteiger partial charge in [-0.2, -0.15) is 0 Å². The molecule has 0 saturated heterocycles. The second kappa shape index (κ2) is 5.01. The van der Waals surface area contributed by atoms with Crippen molar-refractivity contribution in [3.8, 4) is 0 Å². The number of benzene rings is 1. The van der Waals surface area contributed by atoms with E-state index in [0.29, 0.717) is 11.6 Å². The van der Waals surface area contributed by atoms with Gasteiger partial charge in [-0.15, -0.1) is 11.3 Å². The van der Waals surface area contributed by atoms with E-state index in [4.69, 9.17) is 0 Å². The predicted molar refractivity (Wildman–Crippen MR) is 74.8 cm³/mol. The zero-order chi connectivity index (χ0) is 13.2. The average Bonchev–Trinajstić information content (AvgIpc) is 2.88. The van der Waals surface area contributed by atoms with Crippen LogP contribution in [0, 0.1) is 0 Å². The molecule has 1 unspecified atom stereocenters. The van der Waals surface area contributed by atoms with Gasteiger partial charge in [0.1, 0.15) is 0 Å². The Bertz CT molecular complexity index is 609. The van der Waals surface area contributed by atoms with E-state index >= 15 is 0 Å². The number of aromatic nitrogens is 1. The normalized spacial score (nSPS) is 16.4. The maximum atomic E-state index is 11.3. The molecular weight excluding hydrogens is 260 g/mol. The largest absolute Gasteiger partial charge is 0.464 e. The molecule has 2 aromatic rings. The number of rotatable bonds is 4. The zero-order valence-corrected chi connectivity index (χ0v) is 11.4. The second-order valence-corrected chi connectivity index (χ2v) is 5.37. The van der Waals surface area contributed by atoms with E-state index in [-0.39, 0.29) is 0 Å². The Balaban J connectivity index is 1.59. The van der Waals surface area contributed by atoms with Gasteiger partial charge in [0.15, 0.2) is 10.8 Å². The standard InChI is InChI=1S/C14H14N2O2S/c1-18-13(17)12-8-19-14(16-12)15-7-10-6-9-4-2-3-5-11(9)10/h2-5,8,10H,6-7H2,1H3,(H,15,16). The third-order valence-electron chi connectivity index (χ3n) is 3.36. The smallest absolute Gasteiger partial charge is 0.357 e. The van der Waals surface area contributed by atoms with Gasteiger partial charge in [-0.05, 0) is 17.5 Å². The Labute approximate surface area is 115 Å². The minimum atomic E-state index is -0.390. The predicted octanol–water partition coefficient (Wildman–Crippen LogP) is 2.68. The molecule has 1 N–H and O–H groups in total. The Morgan fingerprint density at radius 2 is 2.37 bits per heavy atom. The van der Waals surface area contributed by atoms with E-state index in [0.717, 1.165) is 18.1 Å². The molecule has 1 atom stereocenters. The van der Waals surface area contributed by atoms with E-state index in [1.54, 1.807) is 5.38 Å². The van der Waals surface area contributed by atoms with Crippen molar-refractivity contribution >= 4 is 22.4 Å². The molecule has 98 valence electrons. The third-order valence-corrected chi connectivity index (χ3v) is 4.16. The summed E-state index contributed by atoms with van der Waals surface area (Å²) < 4.78 is 4.63. The summed E-state index contributed by atoms with van der Waals surface area (Å²) in [7, 11) is 1.36. The minimum Gasteiger partial charge on any atom is -0.464 e. The molecule has 0 radical (unpaired) electrons. The van der Waals surface area contributed by atoms with Crippen LogP contribution in [0.5, 0.6) is 0 Å². The first-order chi connectivity index (χ1) is 9.28. The summed E-state index contributed by atoms with van der Waals surface area (Å²) in [5, 5.41) is 5.77. The highest BCUT2D eigenvalue weighted by molar-refractivity contribution is 7.13. The Morgan fingerprint density at radius 1 is 1.53 bits per heavy atom. The third kappa shape index (κ3) is 2.33. The number of nitrogens with one attached hydrogen (secondary N) is 1. The Hall–Kier alpha value is -1.88. The summed E-state index contributed by atoms with van der Waals surface area (Å²) in [5.41, 5.74) is 3.22. The SMILES string of the molecule is COC(=O)c1csc(NCC2Cc3ccccc32)n1. The number of esters is 1. The van der Waals surface area contributed by atoms with Crippen molar-refractivity contribution in [3.63, 3.8) is 0 Å². The zero-order valence-electron chi connectivity index (χ0n) is 10.6.